The summed E-state index contributed by atoms with van der Waals surface area (Å²) < 4.78 is 0. The molecule has 0 aliphatic carbocycles. The van der Waals surface area contributed by atoms with Crippen LogP contribution in [-0.4, -0.2) is 11.5 Å². The summed E-state index contributed by atoms with van der Waals surface area (Å²) in [5, 5.41) is 14.0. The number of nitro benzene ring substituents is 1. The maximum absolute atomic E-state index is 10.8. The molecule has 1 heterocycles. The number of hydrogen-bond donors (Lipinski definition) is 1. The first-order valence-electron chi connectivity index (χ1n) is 4.66. The highest BCUT2D eigenvalue weighted by atomic mass is 16.6. The lowest BCUT2D eigenvalue weighted by Crippen LogP contribution is -2.25. The molecule has 2 rings (SSSR count). The van der Waals surface area contributed by atoms with Crippen LogP contribution in [0.5, 0.6) is 0 Å². The second kappa shape index (κ2) is 3.38. The Hall–Kier alpha value is -1.42. The molecule has 0 amide bonds. The fourth-order valence-electron chi connectivity index (χ4n) is 1.92. The zero-order chi connectivity index (χ0) is 10.1. The Kier molecular flexibility index (Phi) is 2.21. The monoisotopic (exact) mass is 192 g/mol. The number of benzene rings is 1. The first kappa shape index (κ1) is 9.15. The minimum Gasteiger partial charge on any atom is -0.312 e. The number of aryl methyl sites for hydroxylation is 1. The Labute approximate surface area is 82.1 Å². The van der Waals surface area contributed by atoms with Crippen molar-refractivity contribution in [3.63, 3.8) is 0 Å². The van der Waals surface area contributed by atoms with E-state index in [-0.39, 0.29) is 10.6 Å². The fraction of sp³-hybridized carbons (Fsp3) is 0.400. The molecule has 1 aliphatic heterocycles. The van der Waals surface area contributed by atoms with Crippen LogP contribution >= 0.6 is 0 Å². The van der Waals surface area contributed by atoms with Gasteiger partial charge in [-0.15, -0.1) is 0 Å². The molecular formula is C10H12N2O2. The van der Waals surface area contributed by atoms with Gasteiger partial charge in [0.05, 0.1) is 4.92 Å². The molecule has 1 aromatic carbocycles. The quantitative estimate of drug-likeness (QED) is 0.542. The third-order valence-corrected chi connectivity index (χ3v) is 2.69. The molecule has 0 saturated carbocycles. The summed E-state index contributed by atoms with van der Waals surface area (Å²) in [6.07, 6.45) is 0.757. The summed E-state index contributed by atoms with van der Waals surface area (Å²) in [5.74, 6) is 0. The molecule has 4 nitrogen and oxygen atoms in total. The predicted octanol–water partition coefficient (Wildman–Crippen LogP) is 1.55. The molecule has 0 saturated heterocycles. The van der Waals surface area contributed by atoms with Crippen LogP contribution in [0.3, 0.4) is 0 Å². The number of rotatable bonds is 1. The van der Waals surface area contributed by atoms with Gasteiger partial charge in [-0.25, -0.2) is 0 Å². The van der Waals surface area contributed by atoms with Gasteiger partial charge in [0.15, 0.2) is 0 Å². The highest BCUT2D eigenvalue weighted by Crippen LogP contribution is 2.27. The summed E-state index contributed by atoms with van der Waals surface area (Å²) in [6.45, 7) is 3.58. The molecule has 0 unspecified atom stereocenters. The Morgan fingerprint density at radius 1 is 1.43 bits per heavy atom. The van der Waals surface area contributed by atoms with E-state index in [0.29, 0.717) is 0 Å². The zero-order valence-electron chi connectivity index (χ0n) is 8.04. The van der Waals surface area contributed by atoms with Gasteiger partial charge in [0.1, 0.15) is 0 Å². The molecule has 0 spiro atoms. The second-order valence-corrected chi connectivity index (χ2v) is 3.54. The zero-order valence-corrected chi connectivity index (χ0v) is 8.04. The summed E-state index contributed by atoms with van der Waals surface area (Å²) >= 11 is 0. The van der Waals surface area contributed by atoms with Gasteiger partial charge in [0.2, 0.25) is 0 Å². The molecule has 1 aliphatic rings. The van der Waals surface area contributed by atoms with Gasteiger partial charge in [0, 0.05) is 18.2 Å². The Morgan fingerprint density at radius 2 is 2.21 bits per heavy atom. The van der Waals surface area contributed by atoms with Crippen molar-refractivity contribution in [2.75, 3.05) is 6.54 Å². The molecule has 74 valence electrons. The van der Waals surface area contributed by atoms with Crippen LogP contribution in [0, 0.1) is 17.0 Å². The van der Waals surface area contributed by atoms with Gasteiger partial charge in [-0.3, -0.25) is 10.1 Å². The van der Waals surface area contributed by atoms with Gasteiger partial charge in [-0.1, -0.05) is 6.07 Å². The van der Waals surface area contributed by atoms with Gasteiger partial charge in [-0.05, 0) is 31.0 Å². The minimum atomic E-state index is -0.288. The van der Waals surface area contributed by atoms with Crippen LogP contribution in [0.2, 0.25) is 0 Å². The average Bonchev–Trinajstić information content (AvgIpc) is 2.18. The molecular weight excluding hydrogens is 180 g/mol. The third-order valence-electron chi connectivity index (χ3n) is 2.69. The van der Waals surface area contributed by atoms with Crippen molar-refractivity contribution in [2.45, 2.75) is 19.9 Å². The van der Waals surface area contributed by atoms with Crippen LogP contribution in [0.4, 0.5) is 5.69 Å². The lowest BCUT2D eigenvalue weighted by atomic mass is 9.95. The van der Waals surface area contributed by atoms with E-state index >= 15 is 0 Å². The maximum Gasteiger partial charge on any atom is 0.272 e. The number of nitro groups is 1. The van der Waals surface area contributed by atoms with E-state index in [0.717, 1.165) is 36.2 Å². The number of hydrogen-bond acceptors (Lipinski definition) is 3. The van der Waals surface area contributed by atoms with E-state index < -0.39 is 0 Å². The van der Waals surface area contributed by atoms with E-state index in [1.54, 1.807) is 6.07 Å². The van der Waals surface area contributed by atoms with Crippen molar-refractivity contribution in [1.82, 2.24) is 5.32 Å². The van der Waals surface area contributed by atoms with Crippen molar-refractivity contribution in [2.24, 2.45) is 0 Å². The van der Waals surface area contributed by atoms with E-state index in [9.17, 15) is 10.1 Å². The van der Waals surface area contributed by atoms with Crippen LogP contribution in [-0.2, 0) is 13.0 Å². The Bertz CT molecular complexity index is 388. The van der Waals surface area contributed by atoms with Crippen LogP contribution in [0.1, 0.15) is 16.7 Å². The van der Waals surface area contributed by atoms with Gasteiger partial charge in [0.25, 0.3) is 5.69 Å². The van der Waals surface area contributed by atoms with E-state index in [1.807, 2.05) is 13.0 Å². The molecule has 0 aromatic heterocycles. The van der Waals surface area contributed by atoms with Gasteiger partial charge in [-0.2, -0.15) is 0 Å². The highest BCUT2D eigenvalue weighted by Gasteiger charge is 2.21. The topological polar surface area (TPSA) is 55.2 Å². The lowest BCUT2D eigenvalue weighted by Gasteiger charge is -2.18. The van der Waals surface area contributed by atoms with E-state index in [4.69, 9.17) is 0 Å². The molecule has 0 bridgehead atoms. The first-order chi connectivity index (χ1) is 6.70. The Balaban J connectivity index is 2.59. The van der Waals surface area contributed by atoms with Gasteiger partial charge >= 0.3 is 0 Å². The molecule has 4 heteroatoms. The van der Waals surface area contributed by atoms with Crippen molar-refractivity contribution < 1.29 is 4.92 Å². The first-order valence-corrected chi connectivity index (χ1v) is 4.66. The number of fused-ring (bicyclic) bond motifs is 1. The molecule has 1 N–H and O–H groups in total. The largest absolute Gasteiger partial charge is 0.312 e. The molecule has 1 aromatic rings. The smallest absolute Gasteiger partial charge is 0.272 e. The van der Waals surface area contributed by atoms with Crippen molar-refractivity contribution in [1.29, 1.82) is 0 Å². The van der Waals surface area contributed by atoms with E-state index in [1.165, 1.54) is 0 Å². The van der Waals surface area contributed by atoms with Crippen LogP contribution in [0.15, 0.2) is 12.1 Å². The standard InChI is InChI=1S/C10H12N2O2/c1-7-2-3-10(12(13)14)8-4-5-11-6-9(7)8/h2-3,11H,4-6H2,1H3. The SMILES string of the molecule is Cc1ccc([N+](=O)[O-])c2c1CNCC2. The number of nitrogens with zero attached hydrogens (tertiary/aromatic N) is 1. The van der Waals surface area contributed by atoms with Crippen LogP contribution in [0.25, 0.3) is 0 Å². The molecule has 14 heavy (non-hydrogen) atoms. The Morgan fingerprint density at radius 3 is 2.93 bits per heavy atom. The van der Waals surface area contributed by atoms with Gasteiger partial charge < -0.3 is 5.32 Å². The molecule has 0 fully saturated rings. The van der Waals surface area contributed by atoms with E-state index in [2.05, 4.69) is 5.32 Å². The predicted molar refractivity (Wildman–Crippen MR) is 53.2 cm³/mol. The number of nitrogens with one attached hydrogen (secondary N) is 1. The summed E-state index contributed by atoms with van der Waals surface area (Å²) in [4.78, 5) is 10.5. The van der Waals surface area contributed by atoms with Crippen molar-refractivity contribution in [3.05, 3.63) is 38.9 Å². The lowest BCUT2D eigenvalue weighted by molar-refractivity contribution is -0.385. The summed E-state index contributed by atoms with van der Waals surface area (Å²) in [6, 6.07) is 3.43. The fourth-order valence-corrected chi connectivity index (χ4v) is 1.92. The average molecular weight is 192 g/mol. The molecule has 0 atom stereocenters. The minimum absolute atomic E-state index is 0.270. The van der Waals surface area contributed by atoms with Crippen molar-refractivity contribution in [3.8, 4) is 0 Å². The van der Waals surface area contributed by atoms with Crippen molar-refractivity contribution >= 4 is 5.69 Å². The molecule has 0 radical (unpaired) electrons. The second-order valence-electron chi connectivity index (χ2n) is 3.54. The highest BCUT2D eigenvalue weighted by molar-refractivity contribution is 5.50. The maximum atomic E-state index is 10.8. The summed E-state index contributed by atoms with van der Waals surface area (Å²) in [7, 11) is 0. The summed E-state index contributed by atoms with van der Waals surface area (Å²) in [5.41, 5.74) is 3.42. The normalized spacial score (nSPS) is 14.9. The third kappa shape index (κ3) is 1.37. The van der Waals surface area contributed by atoms with Crippen LogP contribution < -0.4 is 5.32 Å².